The van der Waals surface area contributed by atoms with E-state index in [9.17, 15) is 9.59 Å². The molecular formula is C10H19NO4. The fourth-order valence-electron chi connectivity index (χ4n) is 1.12. The highest BCUT2D eigenvalue weighted by atomic mass is 16.5. The van der Waals surface area contributed by atoms with E-state index in [1.54, 1.807) is 20.9 Å². The van der Waals surface area contributed by atoms with Crippen LogP contribution in [0.1, 0.15) is 26.7 Å². The number of esters is 2. The lowest BCUT2D eigenvalue weighted by molar-refractivity contribution is -0.145. The largest absolute Gasteiger partial charge is 0.466 e. The average Bonchev–Trinajstić information content (AvgIpc) is 2.17. The van der Waals surface area contributed by atoms with Gasteiger partial charge in [0.05, 0.1) is 26.1 Å². The van der Waals surface area contributed by atoms with Crippen LogP contribution in [0.15, 0.2) is 0 Å². The summed E-state index contributed by atoms with van der Waals surface area (Å²) in [6.07, 6.45) is 0.367. The monoisotopic (exact) mass is 217 g/mol. The molecule has 0 saturated carbocycles. The third kappa shape index (κ3) is 6.90. The molecule has 0 unspecified atom stereocenters. The Kier molecular flexibility index (Phi) is 7.62. The molecule has 88 valence electrons. The second-order valence-corrected chi connectivity index (χ2v) is 3.00. The van der Waals surface area contributed by atoms with Crippen LogP contribution < -0.4 is 5.32 Å². The van der Waals surface area contributed by atoms with Crippen LogP contribution in [0.3, 0.4) is 0 Å². The summed E-state index contributed by atoms with van der Waals surface area (Å²) >= 11 is 0. The predicted molar refractivity (Wildman–Crippen MR) is 55.3 cm³/mol. The van der Waals surface area contributed by atoms with E-state index >= 15 is 0 Å². The van der Waals surface area contributed by atoms with Crippen molar-refractivity contribution in [1.29, 1.82) is 0 Å². The number of carbonyl (C=O) groups excluding carboxylic acids is 2. The van der Waals surface area contributed by atoms with Gasteiger partial charge in [-0.05, 0) is 20.9 Å². The van der Waals surface area contributed by atoms with E-state index in [4.69, 9.17) is 9.47 Å². The molecule has 0 spiro atoms. The molecule has 0 aromatic rings. The van der Waals surface area contributed by atoms with Crippen LogP contribution in [-0.4, -0.2) is 38.2 Å². The third-order valence-corrected chi connectivity index (χ3v) is 1.85. The predicted octanol–water partition coefficient (Wildman–Crippen LogP) is 0.481. The van der Waals surface area contributed by atoms with Gasteiger partial charge in [-0.15, -0.1) is 0 Å². The Bertz CT molecular complexity index is 186. The molecule has 0 aliphatic carbocycles. The zero-order chi connectivity index (χ0) is 11.7. The van der Waals surface area contributed by atoms with E-state index in [1.807, 2.05) is 0 Å². The summed E-state index contributed by atoms with van der Waals surface area (Å²) in [5.41, 5.74) is 0. The smallest absolute Gasteiger partial charge is 0.307 e. The maximum Gasteiger partial charge on any atom is 0.307 e. The topological polar surface area (TPSA) is 64.6 Å². The minimum atomic E-state index is -0.304. The number of hydrogen-bond donors (Lipinski definition) is 1. The van der Waals surface area contributed by atoms with Crippen molar-refractivity contribution in [3.8, 4) is 0 Å². The minimum absolute atomic E-state index is 0.184. The Morgan fingerprint density at radius 1 is 1.07 bits per heavy atom. The Labute approximate surface area is 90.1 Å². The first-order valence-electron chi connectivity index (χ1n) is 5.12. The molecule has 0 aromatic heterocycles. The van der Waals surface area contributed by atoms with Crippen LogP contribution in [0.4, 0.5) is 0 Å². The van der Waals surface area contributed by atoms with Gasteiger partial charge in [-0.3, -0.25) is 9.59 Å². The molecule has 1 N–H and O–H groups in total. The average molecular weight is 217 g/mol. The molecule has 0 radical (unpaired) electrons. The molecule has 5 heteroatoms. The summed E-state index contributed by atoms with van der Waals surface area (Å²) in [7, 11) is 1.70. The van der Waals surface area contributed by atoms with Crippen LogP contribution in [0.5, 0.6) is 0 Å². The van der Waals surface area contributed by atoms with Crippen LogP contribution in [0.2, 0.25) is 0 Å². The Hall–Kier alpha value is -1.10. The molecular weight excluding hydrogens is 198 g/mol. The van der Waals surface area contributed by atoms with E-state index in [1.165, 1.54) is 0 Å². The molecule has 0 aliphatic heterocycles. The lowest BCUT2D eigenvalue weighted by Gasteiger charge is -2.13. The van der Waals surface area contributed by atoms with Gasteiger partial charge in [-0.2, -0.15) is 0 Å². The molecule has 0 aromatic carbocycles. The lowest BCUT2D eigenvalue weighted by atomic mass is 10.1. The standard InChI is InChI=1S/C10H19NO4/c1-4-14-9(12)6-8(11-3)7-10(13)15-5-2/h8,11H,4-7H2,1-3H3. The van der Waals surface area contributed by atoms with Crippen LogP contribution in [0, 0.1) is 0 Å². The molecule has 0 heterocycles. The molecule has 15 heavy (non-hydrogen) atoms. The van der Waals surface area contributed by atoms with Crippen molar-refractivity contribution in [2.75, 3.05) is 20.3 Å². The van der Waals surface area contributed by atoms with Crippen LogP contribution >= 0.6 is 0 Å². The van der Waals surface area contributed by atoms with E-state index in [2.05, 4.69) is 5.32 Å². The Morgan fingerprint density at radius 2 is 1.47 bits per heavy atom. The molecule has 0 aliphatic rings. The van der Waals surface area contributed by atoms with Crippen molar-refractivity contribution >= 4 is 11.9 Å². The number of carbonyl (C=O) groups is 2. The normalized spacial score (nSPS) is 10.1. The Morgan fingerprint density at radius 3 is 1.73 bits per heavy atom. The van der Waals surface area contributed by atoms with E-state index in [0.717, 1.165) is 0 Å². The molecule has 5 nitrogen and oxygen atoms in total. The molecule has 0 rings (SSSR count). The quantitative estimate of drug-likeness (QED) is 0.628. The maximum atomic E-state index is 11.1. The van der Waals surface area contributed by atoms with Gasteiger partial charge in [-0.25, -0.2) is 0 Å². The first-order valence-corrected chi connectivity index (χ1v) is 5.12. The summed E-state index contributed by atoms with van der Waals surface area (Å²) < 4.78 is 9.57. The van der Waals surface area contributed by atoms with E-state index in [-0.39, 0.29) is 30.8 Å². The van der Waals surface area contributed by atoms with Crippen molar-refractivity contribution in [2.24, 2.45) is 0 Å². The summed E-state index contributed by atoms with van der Waals surface area (Å²) in [5, 5.41) is 2.88. The molecule has 0 saturated heterocycles. The fourth-order valence-corrected chi connectivity index (χ4v) is 1.12. The highest BCUT2D eigenvalue weighted by Crippen LogP contribution is 2.01. The lowest BCUT2D eigenvalue weighted by Crippen LogP contribution is -2.31. The summed E-state index contributed by atoms with van der Waals surface area (Å²) in [6, 6.07) is -0.219. The number of rotatable bonds is 7. The third-order valence-electron chi connectivity index (χ3n) is 1.85. The van der Waals surface area contributed by atoms with Gasteiger partial charge in [0.1, 0.15) is 0 Å². The minimum Gasteiger partial charge on any atom is -0.466 e. The molecule has 0 amide bonds. The van der Waals surface area contributed by atoms with Crippen LogP contribution in [-0.2, 0) is 19.1 Å². The van der Waals surface area contributed by atoms with Gasteiger partial charge in [0.15, 0.2) is 0 Å². The maximum absolute atomic E-state index is 11.1. The fraction of sp³-hybridized carbons (Fsp3) is 0.800. The first-order chi connectivity index (χ1) is 7.13. The van der Waals surface area contributed by atoms with Gasteiger partial charge < -0.3 is 14.8 Å². The highest BCUT2D eigenvalue weighted by Gasteiger charge is 2.17. The van der Waals surface area contributed by atoms with Gasteiger partial charge in [0.25, 0.3) is 0 Å². The van der Waals surface area contributed by atoms with Gasteiger partial charge >= 0.3 is 11.9 Å². The van der Waals surface area contributed by atoms with Crippen LogP contribution in [0.25, 0.3) is 0 Å². The van der Waals surface area contributed by atoms with Gasteiger partial charge in [0, 0.05) is 6.04 Å². The molecule has 0 bridgehead atoms. The summed E-state index contributed by atoms with van der Waals surface area (Å²) in [4.78, 5) is 22.3. The second-order valence-electron chi connectivity index (χ2n) is 3.00. The van der Waals surface area contributed by atoms with E-state index < -0.39 is 0 Å². The van der Waals surface area contributed by atoms with Crippen molar-refractivity contribution in [2.45, 2.75) is 32.7 Å². The van der Waals surface area contributed by atoms with E-state index in [0.29, 0.717) is 13.2 Å². The van der Waals surface area contributed by atoms with Crippen molar-refractivity contribution in [3.05, 3.63) is 0 Å². The molecule has 0 atom stereocenters. The molecule has 0 fully saturated rings. The van der Waals surface area contributed by atoms with Crippen molar-refractivity contribution in [3.63, 3.8) is 0 Å². The van der Waals surface area contributed by atoms with Gasteiger partial charge in [0.2, 0.25) is 0 Å². The summed E-state index contributed by atoms with van der Waals surface area (Å²) in [5.74, 6) is -0.609. The SMILES string of the molecule is CCOC(=O)CC(CC(=O)OCC)NC. The highest BCUT2D eigenvalue weighted by molar-refractivity contribution is 5.74. The van der Waals surface area contributed by atoms with Gasteiger partial charge in [-0.1, -0.05) is 0 Å². The Balaban J connectivity index is 3.91. The number of hydrogen-bond acceptors (Lipinski definition) is 5. The zero-order valence-corrected chi connectivity index (χ0v) is 9.54. The number of nitrogens with one attached hydrogen (secondary N) is 1. The second kappa shape index (κ2) is 8.23. The number of ether oxygens (including phenoxy) is 2. The summed E-state index contributed by atoms with van der Waals surface area (Å²) in [6.45, 7) is 4.21. The van der Waals surface area contributed by atoms with Crippen molar-refractivity contribution < 1.29 is 19.1 Å². The first kappa shape index (κ1) is 13.9. The zero-order valence-electron chi connectivity index (χ0n) is 9.54. The van der Waals surface area contributed by atoms with Crippen molar-refractivity contribution in [1.82, 2.24) is 5.32 Å².